The molecule has 0 N–H and O–H groups in total. The van der Waals surface area contributed by atoms with Gasteiger partial charge in [0, 0.05) is 10.8 Å². The molecule has 190 valence electrons. The number of fused-ring (bicyclic) bond motifs is 3. The van der Waals surface area contributed by atoms with Gasteiger partial charge in [-0.15, -0.1) is 0 Å². The Bertz CT molecular complexity index is 2080. The first-order valence-electron chi connectivity index (χ1n) is 13.7. The Hall–Kier alpha value is -5.14. The van der Waals surface area contributed by atoms with Gasteiger partial charge in [-0.2, -0.15) is 0 Å². The molecule has 7 aromatic rings. The summed E-state index contributed by atoms with van der Waals surface area (Å²) in [6.07, 6.45) is 0.858. The van der Waals surface area contributed by atoms with E-state index >= 15 is 0 Å². The van der Waals surface area contributed by atoms with Crippen molar-refractivity contribution in [1.82, 2.24) is 0 Å². The van der Waals surface area contributed by atoms with Crippen LogP contribution in [0.4, 0.5) is 0 Å². The lowest BCUT2D eigenvalue weighted by molar-refractivity contribution is 0.669. The Morgan fingerprint density at radius 2 is 1.20 bits per heavy atom. The summed E-state index contributed by atoms with van der Waals surface area (Å²) in [4.78, 5) is 0. The van der Waals surface area contributed by atoms with Gasteiger partial charge in [0.15, 0.2) is 0 Å². The molecule has 0 amide bonds. The summed E-state index contributed by atoms with van der Waals surface area (Å²) in [5.74, 6) is 0. The van der Waals surface area contributed by atoms with Crippen molar-refractivity contribution in [1.29, 1.82) is 0 Å². The predicted molar refractivity (Wildman–Crippen MR) is 168 cm³/mol. The van der Waals surface area contributed by atoms with Gasteiger partial charge in [0.2, 0.25) is 0 Å². The van der Waals surface area contributed by atoms with E-state index in [1.807, 2.05) is 0 Å². The van der Waals surface area contributed by atoms with Crippen molar-refractivity contribution < 1.29 is 4.42 Å². The zero-order valence-electron chi connectivity index (χ0n) is 22.2. The van der Waals surface area contributed by atoms with Crippen LogP contribution < -0.4 is 10.4 Å². The van der Waals surface area contributed by atoms with E-state index in [2.05, 4.69) is 152 Å². The highest BCUT2D eigenvalue weighted by molar-refractivity contribution is 6.07. The van der Waals surface area contributed by atoms with Crippen LogP contribution in [0.5, 0.6) is 0 Å². The Morgan fingerprint density at radius 3 is 2.00 bits per heavy atom. The molecule has 0 aliphatic heterocycles. The number of rotatable bonds is 5. The topological polar surface area (TPSA) is 13.1 Å². The van der Waals surface area contributed by atoms with Crippen molar-refractivity contribution in [2.24, 2.45) is 0 Å². The highest BCUT2D eigenvalue weighted by atomic mass is 16.3. The second kappa shape index (κ2) is 10.2. The molecule has 0 atom stereocenters. The van der Waals surface area contributed by atoms with Gasteiger partial charge in [0.25, 0.3) is 0 Å². The van der Waals surface area contributed by atoms with Crippen LogP contribution >= 0.6 is 0 Å². The average Bonchev–Trinajstić information content (AvgIpc) is 3.37. The van der Waals surface area contributed by atoms with Crippen LogP contribution in [0.1, 0.15) is 22.3 Å². The number of furan rings is 1. The number of hydrogen-bond acceptors (Lipinski definition) is 1. The SMILES string of the molecule is C=c1cccc/c1=C(\c1ccc2oc3ccc(-c4ccccc4)cc3c2c1)c1ccccc1Cc1ccccc1. The van der Waals surface area contributed by atoms with Crippen LogP contribution in [0.3, 0.4) is 0 Å². The molecule has 0 radical (unpaired) electrons. The van der Waals surface area contributed by atoms with E-state index in [4.69, 9.17) is 4.42 Å². The van der Waals surface area contributed by atoms with E-state index in [1.165, 1.54) is 33.4 Å². The molecule has 1 heteroatoms. The van der Waals surface area contributed by atoms with Gasteiger partial charge in [-0.1, -0.05) is 128 Å². The van der Waals surface area contributed by atoms with Crippen LogP contribution in [0.2, 0.25) is 0 Å². The summed E-state index contributed by atoms with van der Waals surface area (Å²) in [7, 11) is 0. The Morgan fingerprint density at radius 1 is 0.550 bits per heavy atom. The largest absolute Gasteiger partial charge is 0.456 e. The third-order valence-corrected chi connectivity index (χ3v) is 7.68. The lowest BCUT2D eigenvalue weighted by Crippen LogP contribution is -2.26. The van der Waals surface area contributed by atoms with E-state index in [-0.39, 0.29) is 0 Å². The van der Waals surface area contributed by atoms with E-state index in [0.29, 0.717) is 0 Å². The number of benzene rings is 6. The Balaban J connectivity index is 1.47. The fraction of sp³-hybridized carbons (Fsp3) is 0.0256. The van der Waals surface area contributed by atoms with E-state index < -0.39 is 0 Å². The molecule has 40 heavy (non-hydrogen) atoms. The second-order valence-corrected chi connectivity index (χ2v) is 10.2. The molecule has 1 aromatic heterocycles. The summed E-state index contributed by atoms with van der Waals surface area (Å²) in [5, 5.41) is 4.39. The van der Waals surface area contributed by atoms with Gasteiger partial charge in [0.05, 0.1) is 0 Å². The molecule has 6 aromatic carbocycles. The minimum atomic E-state index is 0.858. The molecular weight excluding hydrogens is 484 g/mol. The maximum Gasteiger partial charge on any atom is 0.135 e. The quantitative estimate of drug-likeness (QED) is 0.225. The molecular formula is C39H28O. The summed E-state index contributed by atoms with van der Waals surface area (Å²) < 4.78 is 6.29. The standard InChI is InChI=1S/C39H28O/c1-27-12-8-10-18-33(27)39(34-19-11-9-17-31(34)24-28-13-4-2-5-14-28)32-21-23-38-36(26-32)35-25-30(20-22-37(35)40-38)29-15-6-3-7-16-29/h2-23,25-26H,1,24H2/b39-33-. The van der Waals surface area contributed by atoms with Gasteiger partial charge in [-0.3, -0.25) is 0 Å². The maximum absolute atomic E-state index is 6.29. The summed E-state index contributed by atoms with van der Waals surface area (Å²) in [6, 6.07) is 51.4. The predicted octanol–water partition coefficient (Wildman–Crippen LogP) is 8.50. The first-order valence-corrected chi connectivity index (χ1v) is 13.7. The fourth-order valence-electron chi connectivity index (χ4n) is 5.70. The summed E-state index contributed by atoms with van der Waals surface area (Å²) in [5.41, 5.74) is 10.3. The Kier molecular flexibility index (Phi) is 6.11. The van der Waals surface area contributed by atoms with E-state index in [9.17, 15) is 0 Å². The molecule has 0 unspecified atom stereocenters. The lowest BCUT2D eigenvalue weighted by Gasteiger charge is -2.15. The van der Waals surface area contributed by atoms with Crippen molar-refractivity contribution in [3.8, 4) is 11.1 Å². The third-order valence-electron chi connectivity index (χ3n) is 7.68. The molecule has 7 rings (SSSR count). The molecule has 0 aliphatic rings. The number of hydrogen-bond donors (Lipinski definition) is 0. The van der Waals surface area contributed by atoms with Crippen molar-refractivity contribution in [2.75, 3.05) is 0 Å². The van der Waals surface area contributed by atoms with Crippen molar-refractivity contribution >= 4 is 34.1 Å². The molecule has 0 saturated heterocycles. The van der Waals surface area contributed by atoms with Gasteiger partial charge < -0.3 is 4.42 Å². The van der Waals surface area contributed by atoms with Crippen LogP contribution in [0, 0.1) is 0 Å². The second-order valence-electron chi connectivity index (χ2n) is 10.2. The van der Waals surface area contributed by atoms with Crippen molar-refractivity contribution in [2.45, 2.75) is 6.42 Å². The molecule has 0 spiro atoms. The van der Waals surface area contributed by atoms with Crippen LogP contribution in [-0.2, 0) is 6.42 Å². The highest BCUT2D eigenvalue weighted by Gasteiger charge is 2.15. The highest BCUT2D eigenvalue weighted by Crippen LogP contribution is 2.35. The molecule has 0 fully saturated rings. The first kappa shape index (κ1) is 23.9. The summed E-state index contributed by atoms with van der Waals surface area (Å²) in [6.45, 7) is 4.41. The monoisotopic (exact) mass is 512 g/mol. The molecule has 0 bridgehead atoms. The minimum Gasteiger partial charge on any atom is -0.456 e. The third kappa shape index (κ3) is 4.42. The Labute approximate surface area is 234 Å². The molecule has 0 saturated carbocycles. The maximum atomic E-state index is 6.29. The zero-order chi connectivity index (χ0) is 26.9. The van der Waals surface area contributed by atoms with E-state index in [1.54, 1.807) is 0 Å². The minimum absolute atomic E-state index is 0.858. The average molecular weight is 513 g/mol. The lowest BCUT2D eigenvalue weighted by atomic mass is 9.88. The van der Waals surface area contributed by atoms with E-state index in [0.717, 1.165) is 44.4 Å². The molecule has 1 heterocycles. The van der Waals surface area contributed by atoms with Gasteiger partial charge in [-0.25, -0.2) is 0 Å². The first-order chi connectivity index (χ1) is 19.7. The van der Waals surface area contributed by atoms with Crippen LogP contribution in [-0.4, -0.2) is 0 Å². The fourth-order valence-corrected chi connectivity index (χ4v) is 5.70. The smallest absolute Gasteiger partial charge is 0.135 e. The van der Waals surface area contributed by atoms with Crippen LogP contribution in [0.25, 0.3) is 45.2 Å². The molecule has 0 aliphatic carbocycles. The normalized spacial score (nSPS) is 12.1. The van der Waals surface area contributed by atoms with Crippen LogP contribution in [0.15, 0.2) is 150 Å². The van der Waals surface area contributed by atoms with Gasteiger partial charge in [-0.05, 0) is 80.1 Å². The van der Waals surface area contributed by atoms with Gasteiger partial charge >= 0.3 is 0 Å². The van der Waals surface area contributed by atoms with Crippen molar-refractivity contribution in [3.63, 3.8) is 0 Å². The molecule has 1 nitrogen and oxygen atoms in total. The zero-order valence-corrected chi connectivity index (χ0v) is 22.2. The summed E-state index contributed by atoms with van der Waals surface area (Å²) >= 11 is 0. The van der Waals surface area contributed by atoms with Gasteiger partial charge in [0.1, 0.15) is 11.2 Å². The van der Waals surface area contributed by atoms with Crippen molar-refractivity contribution in [3.05, 3.63) is 178 Å².